The highest BCUT2D eigenvalue weighted by Gasteiger charge is 2.62. The first kappa shape index (κ1) is 18.4. The fraction of sp³-hybridized carbons (Fsp3) is 0.824. The number of carbonyl (C=O) groups excluding carboxylic acids is 1. The summed E-state index contributed by atoms with van der Waals surface area (Å²) in [6.45, 7) is 14.4. The Kier molecular flexibility index (Phi) is 4.67. The van der Waals surface area contributed by atoms with Gasteiger partial charge in [-0.25, -0.2) is 0 Å². The van der Waals surface area contributed by atoms with Gasteiger partial charge in [-0.3, -0.25) is 4.79 Å². The van der Waals surface area contributed by atoms with Crippen molar-refractivity contribution in [1.82, 2.24) is 0 Å². The topological polar surface area (TPSA) is 74.2 Å². The van der Waals surface area contributed by atoms with E-state index in [0.717, 1.165) is 0 Å². The summed E-state index contributed by atoms with van der Waals surface area (Å²) in [7, 11) is 0. The van der Waals surface area contributed by atoms with E-state index in [-0.39, 0.29) is 24.6 Å². The maximum absolute atomic E-state index is 12.1. The molecule has 2 heterocycles. The van der Waals surface area contributed by atoms with Crippen LogP contribution in [0.3, 0.4) is 0 Å². The Balaban J connectivity index is 2.19. The Morgan fingerprint density at radius 3 is 2.43 bits per heavy atom. The highest BCUT2D eigenvalue weighted by molar-refractivity contribution is 5.75. The van der Waals surface area contributed by atoms with Crippen molar-refractivity contribution in [2.24, 2.45) is 11.3 Å². The summed E-state index contributed by atoms with van der Waals surface area (Å²) in [4.78, 5) is 12.1. The molecule has 0 bridgehead atoms. The molecule has 0 saturated carbocycles. The van der Waals surface area contributed by atoms with Crippen molar-refractivity contribution in [2.45, 2.75) is 71.4 Å². The summed E-state index contributed by atoms with van der Waals surface area (Å²) < 4.78 is 23.0. The lowest BCUT2D eigenvalue weighted by atomic mass is 9.83. The molecule has 2 aliphatic heterocycles. The van der Waals surface area contributed by atoms with Crippen LogP contribution in [-0.2, 0) is 23.7 Å². The number of aliphatic hydroxyl groups excluding tert-OH is 1. The number of aliphatic hydroxyl groups is 1. The Hall–Kier alpha value is -0.950. The Labute approximate surface area is 137 Å². The van der Waals surface area contributed by atoms with Gasteiger partial charge >= 0.3 is 5.97 Å². The van der Waals surface area contributed by atoms with Gasteiger partial charge in [0.15, 0.2) is 12.1 Å². The first-order valence-corrected chi connectivity index (χ1v) is 7.94. The zero-order valence-corrected chi connectivity index (χ0v) is 14.8. The number of hydrogen-bond acceptors (Lipinski definition) is 6. The summed E-state index contributed by atoms with van der Waals surface area (Å²) in [6, 6.07) is 0. The second-order valence-electron chi connectivity index (χ2n) is 7.84. The van der Waals surface area contributed by atoms with Crippen LogP contribution in [0, 0.1) is 11.3 Å². The molecule has 5 atom stereocenters. The highest BCUT2D eigenvalue weighted by Crippen LogP contribution is 2.47. The lowest BCUT2D eigenvalue weighted by molar-refractivity contribution is -0.255. The first-order valence-electron chi connectivity index (χ1n) is 7.94. The fourth-order valence-electron chi connectivity index (χ4n) is 2.97. The van der Waals surface area contributed by atoms with Crippen LogP contribution in [0.5, 0.6) is 0 Å². The zero-order chi connectivity index (χ0) is 17.6. The zero-order valence-electron chi connectivity index (χ0n) is 14.8. The lowest BCUT2D eigenvalue weighted by Crippen LogP contribution is -2.52. The molecular formula is C17H28O6. The van der Waals surface area contributed by atoms with Crippen LogP contribution in [0.4, 0.5) is 0 Å². The van der Waals surface area contributed by atoms with E-state index >= 15 is 0 Å². The molecule has 2 fully saturated rings. The number of esters is 1. The van der Waals surface area contributed by atoms with Crippen molar-refractivity contribution < 1.29 is 28.8 Å². The van der Waals surface area contributed by atoms with E-state index in [9.17, 15) is 9.90 Å². The fourth-order valence-corrected chi connectivity index (χ4v) is 2.97. The van der Waals surface area contributed by atoms with E-state index < -0.39 is 29.2 Å². The predicted octanol–water partition coefficient (Wildman–Crippen LogP) is 2.01. The monoisotopic (exact) mass is 328 g/mol. The van der Waals surface area contributed by atoms with Crippen LogP contribution in [-0.4, -0.2) is 47.6 Å². The third-order valence-corrected chi connectivity index (χ3v) is 4.45. The Morgan fingerprint density at radius 2 is 1.96 bits per heavy atom. The molecule has 23 heavy (non-hydrogen) atoms. The number of fused-ring (bicyclic) bond motifs is 1. The minimum Gasteiger partial charge on any atom is -0.462 e. The molecule has 0 amide bonds. The summed E-state index contributed by atoms with van der Waals surface area (Å²) in [5.41, 5.74) is -1.76. The van der Waals surface area contributed by atoms with Crippen LogP contribution < -0.4 is 0 Å². The minimum absolute atomic E-state index is 0.0857. The van der Waals surface area contributed by atoms with Gasteiger partial charge in [-0.15, -0.1) is 6.58 Å². The van der Waals surface area contributed by atoms with Gasteiger partial charge in [0.2, 0.25) is 0 Å². The molecule has 0 radical (unpaired) electrons. The van der Waals surface area contributed by atoms with E-state index in [2.05, 4.69) is 6.58 Å². The van der Waals surface area contributed by atoms with E-state index in [1.807, 2.05) is 20.8 Å². The Bertz CT molecular complexity index is 480. The van der Waals surface area contributed by atoms with Gasteiger partial charge in [-0.05, 0) is 34.6 Å². The lowest BCUT2D eigenvalue weighted by Gasteiger charge is -2.37. The van der Waals surface area contributed by atoms with Crippen molar-refractivity contribution in [3.8, 4) is 0 Å². The normalized spacial score (nSPS) is 37.3. The van der Waals surface area contributed by atoms with Gasteiger partial charge in [0.1, 0.15) is 24.4 Å². The molecule has 6 nitrogen and oxygen atoms in total. The van der Waals surface area contributed by atoms with Gasteiger partial charge in [0.25, 0.3) is 0 Å². The van der Waals surface area contributed by atoms with Crippen molar-refractivity contribution in [3.63, 3.8) is 0 Å². The second kappa shape index (κ2) is 5.84. The molecule has 2 saturated heterocycles. The van der Waals surface area contributed by atoms with Crippen molar-refractivity contribution in [3.05, 3.63) is 12.7 Å². The highest BCUT2D eigenvalue weighted by atomic mass is 16.8. The molecule has 2 rings (SSSR count). The molecule has 1 N–H and O–H groups in total. The third kappa shape index (κ3) is 3.31. The smallest absolute Gasteiger partial charge is 0.311 e. The minimum atomic E-state index is -1.13. The largest absolute Gasteiger partial charge is 0.462 e. The van der Waals surface area contributed by atoms with E-state index in [4.69, 9.17) is 18.9 Å². The first-order chi connectivity index (χ1) is 10.4. The van der Waals surface area contributed by atoms with Gasteiger partial charge < -0.3 is 24.1 Å². The molecule has 0 aromatic heterocycles. The molecule has 2 aliphatic rings. The SMILES string of the molecule is C=C[C@@H](O)[C@@]1(COC(=O)C(C)(C)C)O[C@@H]2OC(C)(C)O[C@@H]2[C@@H]1C. The van der Waals surface area contributed by atoms with E-state index in [0.29, 0.717) is 0 Å². The molecule has 0 unspecified atom stereocenters. The molecule has 6 heteroatoms. The van der Waals surface area contributed by atoms with Gasteiger partial charge in [0.05, 0.1) is 5.41 Å². The van der Waals surface area contributed by atoms with Crippen LogP contribution >= 0.6 is 0 Å². The van der Waals surface area contributed by atoms with Gasteiger partial charge in [-0.1, -0.05) is 13.0 Å². The van der Waals surface area contributed by atoms with E-state index in [1.54, 1.807) is 20.8 Å². The average Bonchev–Trinajstić information content (AvgIpc) is 2.86. The van der Waals surface area contributed by atoms with Crippen LogP contribution in [0.15, 0.2) is 12.7 Å². The number of ether oxygens (including phenoxy) is 4. The number of carbonyl (C=O) groups is 1. The summed E-state index contributed by atoms with van der Waals surface area (Å²) in [5, 5.41) is 10.4. The average molecular weight is 328 g/mol. The Morgan fingerprint density at radius 1 is 1.35 bits per heavy atom. The molecule has 0 aliphatic carbocycles. The van der Waals surface area contributed by atoms with Crippen LogP contribution in [0.2, 0.25) is 0 Å². The summed E-state index contributed by atoms with van der Waals surface area (Å²) in [6.07, 6.45) is -0.574. The number of hydrogen-bond donors (Lipinski definition) is 1. The number of rotatable bonds is 4. The molecule has 0 aromatic rings. The van der Waals surface area contributed by atoms with Gasteiger partial charge in [-0.2, -0.15) is 0 Å². The predicted molar refractivity (Wildman–Crippen MR) is 83.4 cm³/mol. The van der Waals surface area contributed by atoms with Crippen molar-refractivity contribution >= 4 is 5.97 Å². The van der Waals surface area contributed by atoms with Crippen molar-refractivity contribution in [1.29, 1.82) is 0 Å². The maximum atomic E-state index is 12.1. The quantitative estimate of drug-likeness (QED) is 0.628. The molecule has 0 spiro atoms. The van der Waals surface area contributed by atoms with Gasteiger partial charge in [0, 0.05) is 5.92 Å². The van der Waals surface area contributed by atoms with Crippen molar-refractivity contribution in [2.75, 3.05) is 6.61 Å². The van der Waals surface area contributed by atoms with Crippen LogP contribution in [0.1, 0.15) is 41.5 Å². The molecule has 132 valence electrons. The second-order valence-corrected chi connectivity index (χ2v) is 7.84. The van der Waals surface area contributed by atoms with Crippen LogP contribution in [0.25, 0.3) is 0 Å². The summed E-state index contributed by atoms with van der Waals surface area (Å²) >= 11 is 0. The summed E-state index contributed by atoms with van der Waals surface area (Å²) in [5.74, 6) is -1.34. The maximum Gasteiger partial charge on any atom is 0.311 e. The molecular weight excluding hydrogens is 300 g/mol. The van der Waals surface area contributed by atoms with E-state index in [1.165, 1.54) is 6.08 Å². The molecule has 0 aromatic carbocycles. The standard InChI is InChI=1S/C17H28O6/c1-8-11(18)17(9-20-14(19)15(3,4)5)10(2)12-13(23-17)22-16(6,7)21-12/h8,10-13,18H,1,9H2,2-7H3/t10-,11+,12+,13-,17-/m0/s1. The third-order valence-electron chi connectivity index (χ3n) is 4.45.